The lowest BCUT2D eigenvalue weighted by Crippen LogP contribution is -2.51. The molecule has 1 saturated heterocycles. The van der Waals surface area contributed by atoms with Gasteiger partial charge >= 0.3 is 0 Å². The van der Waals surface area contributed by atoms with Gasteiger partial charge in [-0.15, -0.1) is 0 Å². The van der Waals surface area contributed by atoms with Gasteiger partial charge in [-0.25, -0.2) is 0 Å². The minimum atomic E-state index is -0.898. The van der Waals surface area contributed by atoms with Gasteiger partial charge in [0.1, 0.15) is 6.04 Å². The van der Waals surface area contributed by atoms with Crippen LogP contribution in [0.4, 0.5) is 0 Å². The lowest BCUT2D eigenvalue weighted by molar-refractivity contribution is -0.137. The molecule has 1 heterocycles. The molecule has 28 heavy (non-hydrogen) atoms. The van der Waals surface area contributed by atoms with Crippen molar-refractivity contribution in [2.24, 2.45) is 0 Å². The zero-order chi connectivity index (χ0) is 19.5. The Bertz CT molecular complexity index is 826. The van der Waals surface area contributed by atoms with E-state index in [1.807, 2.05) is 48.5 Å². The Morgan fingerprint density at radius 1 is 0.929 bits per heavy atom. The van der Waals surface area contributed by atoms with E-state index in [0.717, 1.165) is 47.9 Å². The number of hydrogen-bond acceptors (Lipinski definition) is 3. The standard InChI is InChI=1S/C23H26N2O3/c26-15-20(23(28)25-13-7-1-2-8-14-25)24-22(27)21-18-11-5-3-9-16(18)17-10-4-6-12-19(17)21/h3-6,9-12,20-21,26H,1-2,7-8,13-15H2,(H,24,27). The van der Waals surface area contributed by atoms with Crippen LogP contribution in [0.15, 0.2) is 48.5 Å². The van der Waals surface area contributed by atoms with E-state index in [1.54, 1.807) is 4.90 Å². The minimum Gasteiger partial charge on any atom is -0.394 e. The number of carbonyl (C=O) groups excluding carboxylic acids is 2. The first-order chi connectivity index (χ1) is 13.7. The van der Waals surface area contributed by atoms with Crippen LogP contribution in [0, 0.1) is 0 Å². The molecule has 0 aromatic heterocycles. The van der Waals surface area contributed by atoms with Crippen LogP contribution in [0.25, 0.3) is 11.1 Å². The van der Waals surface area contributed by atoms with Crippen molar-refractivity contribution in [2.45, 2.75) is 37.6 Å². The molecule has 5 heteroatoms. The predicted octanol–water partition coefficient (Wildman–Crippen LogP) is 2.68. The second-order valence-corrected chi connectivity index (χ2v) is 7.59. The molecule has 2 aromatic carbocycles. The maximum atomic E-state index is 13.2. The molecule has 1 fully saturated rings. The lowest BCUT2D eigenvalue weighted by Gasteiger charge is -2.26. The first-order valence-corrected chi connectivity index (χ1v) is 10.1. The summed E-state index contributed by atoms with van der Waals surface area (Å²) < 4.78 is 0. The first kappa shape index (κ1) is 18.7. The minimum absolute atomic E-state index is 0.183. The number of nitrogens with one attached hydrogen (secondary N) is 1. The maximum Gasteiger partial charge on any atom is 0.247 e. The van der Waals surface area contributed by atoms with Crippen molar-refractivity contribution in [1.82, 2.24) is 10.2 Å². The van der Waals surface area contributed by atoms with Gasteiger partial charge in [-0.1, -0.05) is 61.4 Å². The van der Waals surface area contributed by atoms with Crippen LogP contribution in [-0.4, -0.2) is 47.6 Å². The summed E-state index contributed by atoms with van der Waals surface area (Å²) in [6.07, 6.45) is 4.19. The number of rotatable bonds is 4. The number of amides is 2. The third-order valence-electron chi connectivity index (χ3n) is 5.81. The second-order valence-electron chi connectivity index (χ2n) is 7.59. The molecule has 1 aliphatic heterocycles. The number of carbonyl (C=O) groups is 2. The van der Waals surface area contributed by atoms with Crippen LogP contribution in [0.1, 0.15) is 42.7 Å². The zero-order valence-electron chi connectivity index (χ0n) is 15.9. The van der Waals surface area contributed by atoms with Crippen molar-refractivity contribution in [3.05, 3.63) is 59.7 Å². The van der Waals surface area contributed by atoms with E-state index >= 15 is 0 Å². The first-order valence-electron chi connectivity index (χ1n) is 10.1. The summed E-state index contributed by atoms with van der Waals surface area (Å²) in [5.74, 6) is -0.879. The monoisotopic (exact) mass is 378 g/mol. The molecule has 2 aromatic rings. The summed E-state index contributed by atoms with van der Waals surface area (Å²) >= 11 is 0. The number of nitrogens with zero attached hydrogens (tertiary/aromatic N) is 1. The van der Waals surface area contributed by atoms with Crippen molar-refractivity contribution in [3.8, 4) is 11.1 Å². The molecular formula is C23H26N2O3. The Hall–Kier alpha value is -2.66. The van der Waals surface area contributed by atoms with E-state index in [2.05, 4.69) is 5.32 Å². The van der Waals surface area contributed by atoms with Crippen LogP contribution >= 0.6 is 0 Å². The fraction of sp³-hybridized carbons (Fsp3) is 0.391. The summed E-state index contributed by atoms with van der Waals surface area (Å²) in [5.41, 5.74) is 4.00. The second kappa shape index (κ2) is 8.15. The molecule has 0 spiro atoms. The van der Waals surface area contributed by atoms with Crippen LogP contribution in [0.2, 0.25) is 0 Å². The fourth-order valence-electron chi connectivity index (χ4n) is 4.39. The number of likely N-dealkylation sites (tertiary alicyclic amines) is 1. The van der Waals surface area contributed by atoms with E-state index in [9.17, 15) is 14.7 Å². The highest BCUT2D eigenvalue weighted by Crippen LogP contribution is 2.44. The van der Waals surface area contributed by atoms with Crippen molar-refractivity contribution in [3.63, 3.8) is 0 Å². The van der Waals surface area contributed by atoms with E-state index in [0.29, 0.717) is 13.1 Å². The van der Waals surface area contributed by atoms with Crippen molar-refractivity contribution >= 4 is 11.8 Å². The summed E-state index contributed by atoms with van der Waals surface area (Å²) in [6.45, 7) is 0.998. The fourth-order valence-corrected chi connectivity index (χ4v) is 4.39. The Morgan fingerprint density at radius 2 is 1.46 bits per heavy atom. The quantitative estimate of drug-likeness (QED) is 0.859. The summed E-state index contributed by atoms with van der Waals surface area (Å²) in [5, 5.41) is 12.6. The van der Waals surface area contributed by atoms with E-state index < -0.39 is 18.6 Å². The summed E-state index contributed by atoms with van der Waals surface area (Å²) in [6, 6.07) is 14.9. The third-order valence-corrected chi connectivity index (χ3v) is 5.81. The molecule has 4 rings (SSSR count). The van der Waals surface area contributed by atoms with E-state index in [4.69, 9.17) is 0 Å². The Kier molecular flexibility index (Phi) is 5.44. The topological polar surface area (TPSA) is 69.6 Å². The van der Waals surface area contributed by atoms with Gasteiger partial charge in [-0.3, -0.25) is 9.59 Å². The molecule has 146 valence electrons. The molecule has 0 saturated carbocycles. The van der Waals surface area contributed by atoms with Gasteiger partial charge in [-0.2, -0.15) is 0 Å². The molecule has 2 N–H and O–H groups in total. The Balaban J connectivity index is 1.56. The zero-order valence-corrected chi connectivity index (χ0v) is 15.9. The smallest absolute Gasteiger partial charge is 0.247 e. The third kappa shape index (κ3) is 3.42. The largest absolute Gasteiger partial charge is 0.394 e. The Labute approximate surface area is 165 Å². The predicted molar refractivity (Wildman–Crippen MR) is 108 cm³/mol. The van der Waals surface area contributed by atoms with Gasteiger partial charge in [0.05, 0.1) is 12.5 Å². The van der Waals surface area contributed by atoms with Crippen LogP contribution in [-0.2, 0) is 9.59 Å². The highest BCUT2D eigenvalue weighted by atomic mass is 16.3. The lowest BCUT2D eigenvalue weighted by atomic mass is 9.95. The Morgan fingerprint density at radius 3 is 2.00 bits per heavy atom. The average Bonchev–Trinajstić information content (AvgIpc) is 2.86. The molecule has 0 radical (unpaired) electrons. The molecule has 2 aliphatic rings. The van der Waals surface area contributed by atoms with E-state index in [1.165, 1.54) is 0 Å². The van der Waals surface area contributed by atoms with Gasteiger partial charge < -0.3 is 15.3 Å². The van der Waals surface area contributed by atoms with Crippen molar-refractivity contribution < 1.29 is 14.7 Å². The average molecular weight is 378 g/mol. The van der Waals surface area contributed by atoms with Gasteiger partial charge in [0, 0.05) is 13.1 Å². The normalized spacial score (nSPS) is 17.4. The highest BCUT2D eigenvalue weighted by molar-refractivity contribution is 5.98. The molecule has 1 aliphatic carbocycles. The molecule has 1 atom stereocenters. The molecule has 5 nitrogen and oxygen atoms in total. The number of aliphatic hydroxyl groups is 1. The van der Waals surface area contributed by atoms with Crippen LogP contribution < -0.4 is 5.32 Å². The van der Waals surface area contributed by atoms with Gasteiger partial charge in [0.2, 0.25) is 11.8 Å². The molecule has 2 amide bonds. The molecular weight excluding hydrogens is 352 g/mol. The van der Waals surface area contributed by atoms with Gasteiger partial charge in [-0.05, 0) is 35.1 Å². The molecule has 0 bridgehead atoms. The van der Waals surface area contributed by atoms with Crippen molar-refractivity contribution in [1.29, 1.82) is 0 Å². The van der Waals surface area contributed by atoms with Gasteiger partial charge in [0.25, 0.3) is 0 Å². The highest BCUT2D eigenvalue weighted by Gasteiger charge is 2.35. The summed E-state index contributed by atoms with van der Waals surface area (Å²) in [7, 11) is 0. The number of benzene rings is 2. The number of aliphatic hydroxyl groups excluding tert-OH is 1. The van der Waals surface area contributed by atoms with Crippen molar-refractivity contribution in [2.75, 3.05) is 19.7 Å². The molecule has 1 unspecified atom stereocenters. The number of fused-ring (bicyclic) bond motifs is 3. The summed E-state index contributed by atoms with van der Waals surface area (Å²) in [4.78, 5) is 27.9. The van der Waals surface area contributed by atoms with Crippen LogP contribution in [0.5, 0.6) is 0 Å². The number of hydrogen-bond donors (Lipinski definition) is 2. The van der Waals surface area contributed by atoms with E-state index in [-0.39, 0.29) is 11.8 Å². The van der Waals surface area contributed by atoms with Crippen LogP contribution in [0.3, 0.4) is 0 Å². The van der Waals surface area contributed by atoms with Gasteiger partial charge in [0.15, 0.2) is 0 Å². The SMILES string of the molecule is O=C(NC(CO)C(=O)N1CCCCCC1)C1c2ccccc2-c2ccccc21. The maximum absolute atomic E-state index is 13.2.